The second-order valence-electron chi connectivity index (χ2n) is 6.57. The minimum Gasteiger partial charge on any atom is -0.444 e. The van der Waals surface area contributed by atoms with Gasteiger partial charge < -0.3 is 15.1 Å². The number of rotatable bonds is 6. The van der Waals surface area contributed by atoms with Gasteiger partial charge in [-0.3, -0.25) is 0 Å². The third-order valence-electron chi connectivity index (χ3n) is 4.77. The van der Waals surface area contributed by atoms with E-state index in [0.717, 1.165) is 23.4 Å². The van der Waals surface area contributed by atoms with Crippen molar-refractivity contribution >= 4 is 6.03 Å². The third-order valence-corrected chi connectivity index (χ3v) is 4.77. The van der Waals surface area contributed by atoms with Crippen molar-refractivity contribution < 1.29 is 9.21 Å². The standard InChI is InChI=1S/C19H25N3O2/c1-13-14(2)24-18(21-13)12-20-19(23)22-17(11-15-7-6-8-15)16-9-4-3-5-10-16/h3-5,9-10,15,17H,6-8,11-12H2,1-2H3,(H2,20,22,23). The quantitative estimate of drug-likeness (QED) is 0.842. The Morgan fingerprint density at radius 2 is 2.04 bits per heavy atom. The van der Waals surface area contributed by atoms with Gasteiger partial charge in [0.25, 0.3) is 0 Å². The molecule has 2 aromatic rings. The van der Waals surface area contributed by atoms with Crippen LogP contribution in [-0.4, -0.2) is 11.0 Å². The molecule has 0 radical (unpaired) electrons. The molecular weight excluding hydrogens is 302 g/mol. The Morgan fingerprint density at radius 3 is 2.62 bits per heavy atom. The van der Waals surface area contributed by atoms with Gasteiger partial charge in [-0.25, -0.2) is 9.78 Å². The number of nitrogens with one attached hydrogen (secondary N) is 2. The molecule has 1 atom stereocenters. The van der Waals surface area contributed by atoms with Crippen LogP contribution in [0.4, 0.5) is 4.79 Å². The number of hydrogen-bond donors (Lipinski definition) is 2. The van der Waals surface area contributed by atoms with E-state index in [4.69, 9.17) is 4.42 Å². The fraction of sp³-hybridized carbons (Fsp3) is 0.474. The summed E-state index contributed by atoms with van der Waals surface area (Å²) in [5, 5.41) is 5.95. The van der Waals surface area contributed by atoms with Gasteiger partial charge in [-0.2, -0.15) is 0 Å². The second-order valence-corrected chi connectivity index (χ2v) is 6.57. The summed E-state index contributed by atoms with van der Waals surface area (Å²) in [4.78, 5) is 16.6. The van der Waals surface area contributed by atoms with Crippen molar-refractivity contribution in [1.29, 1.82) is 0 Å². The monoisotopic (exact) mass is 327 g/mol. The second kappa shape index (κ2) is 7.51. The van der Waals surface area contributed by atoms with E-state index in [0.29, 0.717) is 18.4 Å². The number of amides is 2. The molecule has 0 spiro atoms. The maximum Gasteiger partial charge on any atom is 0.315 e. The van der Waals surface area contributed by atoms with E-state index in [1.807, 2.05) is 32.0 Å². The predicted octanol–water partition coefficient (Wildman–Crippen LogP) is 4.02. The summed E-state index contributed by atoms with van der Waals surface area (Å²) in [7, 11) is 0. The number of hydrogen-bond acceptors (Lipinski definition) is 3. The van der Waals surface area contributed by atoms with Crippen LogP contribution in [0.5, 0.6) is 0 Å². The zero-order valence-electron chi connectivity index (χ0n) is 14.3. The number of carbonyl (C=O) groups is 1. The third kappa shape index (κ3) is 4.16. The Kier molecular flexibility index (Phi) is 5.18. The summed E-state index contributed by atoms with van der Waals surface area (Å²) in [6, 6.07) is 10.0. The summed E-state index contributed by atoms with van der Waals surface area (Å²) in [5.74, 6) is 2.04. The fourth-order valence-electron chi connectivity index (χ4n) is 3.01. The highest BCUT2D eigenvalue weighted by atomic mass is 16.4. The summed E-state index contributed by atoms with van der Waals surface area (Å²) in [6.45, 7) is 4.06. The summed E-state index contributed by atoms with van der Waals surface area (Å²) < 4.78 is 5.49. The topological polar surface area (TPSA) is 67.2 Å². The molecule has 1 heterocycles. The van der Waals surface area contributed by atoms with Gasteiger partial charge in [0, 0.05) is 0 Å². The van der Waals surface area contributed by atoms with Crippen LogP contribution in [0.3, 0.4) is 0 Å². The van der Waals surface area contributed by atoms with Crippen LogP contribution < -0.4 is 10.6 Å². The van der Waals surface area contributed by atoms with E-state index in [-0.39, 0.29) is 12.1 Å². The Hall–Kier alpha value is -2.30. The molecule has 5 nitrogen and oxygen atoms in total. The molecule has 5 heteroatoms. The van der Waals surface area contributed by atoms with Crippen LogP contribution >= 0.6 is 0 Å². The number of aryl methyl sites for hydroxylation is 2. The molecule has 1 aliphatic carbocycles. The first-order chi connectivity index (χ1) is 11.6. The lowest BCUT2D eigenvalue weighted by molar-refractivity contribution is 0.224. The molecule has 1 aliphatic rings. The fourth-order valence-corrected chi connectivity index (χ4v) is 3.01. The average Bonchev–Trinajstić information content (AvgIpc) is 2.87. The van der Waals surface area contributed by atoms with Crippen LogP contribution in [0, 0.1) is 19.8 Å². The van der Waals surface area contributed by atoms with E-state index >= 15 is 0 Å². The molecular formula is C19H25N3O2. The van der Waals surface area contributed by atoms with Crippen LogP contribution in [0.25, 0.3) is 0 Å². The Balaban J connectivity index is 1.57. The number of benzene rings is 1. The lowest BCUT2D eigenvalue weighted by Gasteiger charge is -2.30. The molecule has 2 N–H and O–H groups in total. The molecule has 24 heavy (non-hydrogen) atoms. The highest BCUT2D eigenvalue weighted by molar-refractivity contribution is 5.74. The van der Waals surface area contributed by atoms with Crippen molar-refractivity contribution in [2.75, 3.05) is 0 Å². The summed E-state index contributed by atoms with van der Waals surface area (Å²) >= 11 is 0. The van der Waals surface area contributed by atoms with Crippen LogP contribution in [0.1, 0.15) is 54.6 Å². The van der Waals surface area contributed by atoms with Crippen molar-refractivity contribution in [3.8, 4) is 0 Å². The number of oxazole rings is 1. The van der Waals surface area contributed by atoms with Gasteiger partial charge in [-0.05, 0) is 31.7 Å². The van der Waals surface area contributed by atoms with E-state index in [1.165, 1.54) is 19.3 Å². The van der Waals surface area contributed by atoms with E-state index < -0.39 is 0 Å². The Morgan fingerprint density at radius 1 is 1.29 bits per heavy atom. The van der Waals surface area contributed by atoms with Crippen LogP contribution in [0.2, 0.25) is 0 Å². The van der Waals surface area contributed by atoms with Crippen molar-refractivity contribution in [3.63, 3.8) is 0 Å². The largest absolute Gasteiger partial charge is 0.444 e. The maximum atomic E-state index is 12.3. The van der Waals surface area contributed by atoms with Gasteiger partial charge in [0.15, 0.2) is 0 Å². The summed E-state index contributed by atoms with van der Waals surface area (Å²) in [5.41, 5.74) is 2.02. The molecule has 1 aromatic heterocycles. The molecule has 0 bridgehead atoms. The Labute approximate surface area is 142 Å². The number of nitrogens with zero attached hydrogens (tertiary/aromatic N) is 1. The van der Waals surface area contributed by atoms with Crippen molar-refractivity contribution in [2.24, 2.45) is 5.92 Å². The molecule has 0 saturated heterocycles. The zero-order chi connectivity index (χ0) is 16.9. The zero-order valence-corrected chi connectivity index (χ0v) is 14.3. The minimum atomic E-state index is -0.184. The Bertz CT molecular complexity index is 658. The lowest BCUT2D eigenvalue weighted by Crippen LogP contribution is -2.38. The number of urea groups is 1. The molecule has 3 rings (SSSR count). The predicted molar refractivity (Wildman–Crippen MR) is 92.5 cm³/mol. The molecule has 128 valence electrons. The van der Waals surface area contributed by atoms with Crippen LogP contribution in [0.15, 0.2) is 34.7 Å². The maximum absolute atomic E-state index is 12.3. The van der Waals surface area contributed by atoms with Gasteiger partial charge in [0.2, 0.25) is 5.89 Å². The first kappa shape index (κ1) is 16.6. The minimum absolute atomic E-state index is 0.0459. The van der Waals surface area contributed by atoms with Crippen molar-refractivity contribution in [2.45, 2.75) is 52.1 Å². The highest BCUT2D eigenvalue weighted by Gasteiger charge is 2.24. The number of carbonyl (C=O) groups excluding carboxylic acids is 1. The normalized spacial score (nSPS) is 15.6. The first-order valence-corrected chi connectivity index (χ1v) is 8.64. The molecule has 0 aliphatic heterocycles. The molecule has 1 fully saturated rings. The molecule has 2 amide bonds. The van der Waals surface area contributed by atoms with Gasteiger partial charge >= 0.3 is 6.03 Å². The van der Waals surface area contributed by atoms with Crippen molar-refractivity contribution in [1.82, 2.24) is 15.6 Å². The highest BCUT2D eigenvalue weighted by Crippen LogP contribution is 2.34. The SMILES string of the molecule is Cc1nc(CNC(=O)NC(CC2CCC2)c2ccccc2)oc1C. The van der Waals surface area contributed by atoms with Gasteiger partial charge in [-0.15, -0.1) is 0 Å². The molecule has 1 aromatic carbocycles. The van der Waals surface area contributed by atoms with Gasteiger partial charge in [0.1, 0.15) is 5.76 Å². The first-order valence-electron chi connectivity index (χ1n) is 8.64. The lowest BCUT2D eigenvalue weighted by atomic mass is 9.79. The van der Waals surface area contributed by atoms with E-state index in [1.54, 1.807) is 0 Å². The number of aromatic nitrogens is 1. The van der Waals surface area contributed by atoms with E-state index in [2.05, 4.69) is 27.8 Å². The molecule has 1 unspecified atom stereocenters. The van der Waals surface area contributed by atoms with E-state index in [9.17, 15) is 4.79 Å². The van der Waals surface area contributed by atoms with Crippen LogP contribution in [-0.2, 0) is 6.54 Å². The average molecular weight is 327 g/mol. The smallest absolute Gasteiger partial charge is 0.315 e. The summed E-state index contributed by atoms with van der Waals surface area (Å²) in [6.07, 6.45) is 4.83. The van der Waals surface area contributed by atoms with Crippen molar-refractivity contribution in [3.05, 3.63) is 53.2 Å². The van der Waals surface area contributed by atoms with Gasteiger partial charge in [-0.1, -0.05) is 49.6 Å². The van der Waals surface area contributed by atoms with Gasteiger partial charge in [0.05, 0.1) is 18.3 Å². The molecule has 1 saturated carbocycles.